The van der Waals surface area contributed by atoms with Gasteiger partial charge in [0.25, 0.3) is 0 Å². The zero-order valence-electron chi connectivity index (χ0n) is 9.79. The third-order valence-electron chi connectivity index (χ3n) is 2.49. The molecule has 0 aromatic rings. The highest BCUT2D eigenvalue weighted by molar-refractivity contribution is 4.64. The normalized spacial score (nSPS) is 17.8. The van der Waals surface area contributed by atoms with Gasteiger partial charge in [0.15, 0.2) is 0 Å². The van der Waals surface area contributed by atoms with Gasteiger partial charge in [-0.15, -0.1) is 0 Å². The highest BCUT2D eigenvalue weighted by Crippen LogP contribution is 2.07. The van der Waals surface area contributed by atoms with Gasteiger partial charge in [0.2, 0.25) is 0 Å². The van der Waals surface area contributed by atoms with E-state index in [-0.39, 0.29) is 6.10 Å². The second-order valence-electron chi connectivity index (χ2n) is 4.36. The first-order valence-corrected chi connectivity index (χ1v) is 5.70. The molecule has 86 valence electrons. The van der Waals surface area contributed by atoms with Gasteiger partial charge in [-0.3, -0.25) is 0 Å². The minimum atomic E-state index is -0.250. The second-order valence-corrected chi connectivity index (χ2v) is 4.36. The molecular weight excluding hydrogens is 176 g/mol. The maximum absolute atomic E-state index is 9.04. The van der Waals surface area contributed by atoms with Crippen LogP contribution in [0.1, 0.15) is 40.0 Å². The van der Waals surface area contributed by atoms with Crippen molar-refractivity contribution in [2.75, 3.05) is 13.1 Å². The minimum absolute atomic E-state index is 0.250. The lowest BCUT2D eigenvalue weighted by atomic mass is 10.0. The lowest BCUT2D eigenvalue weighted by Gasteiger charge is -2.15. The molecule has 0 aromatic carbocycles. The summed E-state index contributed by atoms with van der Waals surface area (Å²) in [6, 6.07) is 0.356. The van der Waals surface area contributed by atoms with Crippen LogP contribution in [0.5, 0.6) is 0 Å². The van der Waals surface area contributed by atoms with Gasteiger partial charge in [-0.05, 0) is 38.6 Å². The van der Waals surface area contributed by atoms with E-state index in [9.17, 15) is 0 Å². The Bertz CT molecular complexity index is 128. The molecule has 0 saturated heterocycles. The first-order chi connectivity index (χ1) is 6.56. The largest absolute Gasteiger partial charge is 0.392 e. The molecule has 2 unspecified atom stereocenters. The molecule has 0 aliphatic rings. The van der Waals surface area contributed by atoms with Crippen LogP contribution < -0.4 is 11.1 Å². The molecule has 0 bridgehead atoms. The van der Waals surface area contributed by atoms with Gasteiger partial charge >= 0.3 is 0 Å². The van der Waals surface area contributed by atoms with Gasteiger partial charge in [-0.25, -0.2) is 0 Å². The maximum atomic E-state index is 9.04. The number of hydrogen-bond donors (Lipinski definition) is 3. The summed E-state index contributed by atoms with van der Waals surface area (Å²) in [5.74, 6) is 0.645. The van der Waals surface area contributed by atoms with E-state index in [1.54, 1.807) is 6.92 Å². The summed E-state index contributed by atoms with van der Waals surface area (Å²) in [5, 5.41) is 12.3. The molecule has 3 heteroatoms. The van der Waals surface area contributed by atoms with Crippen LogP contribution in [0.4, 0.5) is 0 Å². The van der Waals surface area contributed by atoms with E-state index >= 15 is 0 Å². The van der Waals surface area contributed by atoms with Gasteiger partial charge < -0.3 is 16.2 Å². The molecule has 3 nitrogen and oxygen atoms in total. The van der Waals surface area contributed by atoms with Crippen molar-refractivity contribution >= 4 is 0 Å². The van der Waals surface area contributed by atoms with Crippen LogP contribution in [0.15, 0.2) is 0 Å². The van der Waals surface area contributed by atoms with Crippen LogP contribution >= 0.6 is 0 Å². The van der Waals surface area contributed by atoms with E-state index in [1.165, 1.54) is 6.42 Å². The molecule has 3 atom stereocenters. The molecule has 0 aromatic heterocycles. The monoisotopic (exact) mass is 202 g/mol. The average Bonchev–Trinajstić information content (AvgIpc) is 2.13. The molecule has 0 amide bonds. The van der Waals surface area contributed by atoms with E-state index in [2.05, 4.69) is 19.2 Å². The number of hydrogen-bond acceptors (Lipinski definition) is 3. The minimum Gasteiger partial charge on any atom is -0.392 e. The Morgan fingerprint density at radius 2 is 1.86 bits per heavy atom. The van der Waals surface area contributed by atoms with Crippen LogP contribution in [-0.4, -0.2) is 30.3 Å². The molecule has 0 rings (SSSR count). The summed E-state index contributed by atoms with van der Waals surface area (Å²) in [6.07, 6.45) is 3.09. The van der Waals surface area contributed by atoms with Crippen molar-refractivity contribution in [1.82, 2.24) is 5.32 Å². The Morgan fingerprint density at radius 1 is 1.21 bits per heavy atom. The first kappa shape index (κ1) is 13.9. The summed E-state index contributed by atoms with van der Waals surface area (Å²) in [7, 11) is 0. The highest BCUT2D eigenvalue weighted by Gasteiger charge is 2.05. The van der Waals surface area contributed by atoms with Crippen molar-refractivity contribution < 1.29 is 5.11 Å². The second kappa shape index (κ2) is 8.21. The molecule has 0 spiro atoms. The van der Waals surface area contributed by atoms with E-state index in [4.69, 9.17) is 10.8 Å². The summed E-state index contributed by atoms with van der Waals surface area (Å²) in [4.78, 5) is 0. The number of aliphatic hydroxyl groups is 1. The van der Waals surface area contributed by atoms with E-state index in [0.29, 0.717) is 18.5 Å². The van der Waals surface area contributed by atoms with Gasteiger partial charge in [-0.2, -0.15) is 0 Å². The van der Waals surface area contributed by atoms with Gasteiger partial charge in [0.1, 0.15) is 0 Å². The molecule has 0 heterocycles. The molecule has 0 aliphatic heterocycles. The highest BCUT2D eigenvalue weighted by atomic mass is 16.3. The smallest absolute Gasteiger partial charge is 0.0636 e. The fraction of sp³-hybridized carbons (Fsp3) is 1.00. The predicted octanol–water partition coefficient (Wildman–Crippen LogP) is 1.11. The van der Waals surface area contributed by atoms with Crippen LogP contribution in [0.2, 0.25) is 0 Å². The van der Waals surface area contributed by atoms with Crippen molar-refractivity contribution in [3.05, 3.63) is 0 Å². The summed E-state index contributed by atoms with van der Waals surface area (Å²) >= 11 is 0. The van der Waals surface area contributed by atoms with Crippen molar-refractivity contribution in [3.8, 4) is 0 Å². The molecule has 0 radical (unpaired) electrons. The van der Waals surface area contributed by atoms with Crippen LogP contribution in [-0.2, 0) is 0 Å². The average molecular weight is 202 g/mol. The summed E-state index contributed by atoms with van der Waals surface area (Å²) in [6.45, 7) is 7.80. The Morgan fingerprint density at radius 3 is 2.36 bits per heavy atom. The van der Waals surface area contributed by atoms with Crippen molar-refractivity contribution in [2.45, 2.75) is 52.2 Å². The molecule has 14 heavy (non-hydrogen) atoms. The number of aliphatic hydroxyl groups excluding tert-OH is 1. The molecule has 0 fully saturated rings. The van der Waals surface area contributed by atoms with Gasteiger partial charge in [0.05, 0.1) is 6.10 Å². The third-order valence-corrected chi connectivity index (χ3v) is 2.49. The van der Waals surface area contributed by atoms with Crippen molar-refractivity contribution in [1.29, 1.82) is 0 Å². The number of nitrogens with two attached hydrogens (primary N) is 1. The summed E-state index contributed by atoms with van der Waals surface area (Å²) < 4.78 is 0. The third kappa shape index (κ3) is 8.48. The number of rotatable bonds is 8. The molecular formula is C11H26N2O. The molecule has 0 saturated carbocycles. The van der Waals surface area contributed by atoms with Crippen LogP contribution in [0.3, 0.4) is 0 Å². The predicted molar refractivity (Wildman–Crippen MR) is 61.2 cm³/mol. The Labute approximate surface area is 88.1 Å². The van der Waals surface area contributed by atoms with Crippen molar-refractivity contribution in [2.24, 2.45) is 11.7 Å². The standard InChI is InChI=1S/C11H26N2O/c1-4-11(12)6-5-9(2)7-13-8-10(3)14/h9-11,13-14H,4-8,12H2,1-3H3/t9?,10-,11?/m1/s1. The zero-order chi connectivity index (χ0) is 11.0. The Kier molecular flexibility index (Phi) is 8.14. The van der Waals surface area contributed by atoms with E-state index in [0.717, 1.165) is 19.4 Å². The van der Waals surface area contributed by atoms with E-state index in [1.807, 2.05) is 0 Å². The lowest BCUT2D eigenvalue weighted by molar-refractivity contribution is 0.189. The topological polar surface area (TPSA) is 58.3 Å². The SMILES string of the molecule is CCC(N)CCC(C)CNC[C@@H](C)O. The Balaban J connectivity index is 3.32. The maximum Gasteiger partial charge on any atom is 0.0636 e. The fourth-order valence-corrected chi connectivity index (χ4v) is 1.34. The first-order valence-electron chi connectivity index (χ1n) is 5.70. The van der Waals surface area contributed by atoms with Crippen molar-refractivity contribution in [3.63, 3.8) is 0 Å². The van der Waals surface area contributed by atoms with Crippen LogP contribution in [0, 0.1) is 5.92 Å². The fourth-order valence-electron chi connectivity index (χ4n) is 1.34. The quantitative estimate of drug-likeness (QED) is 0.552. The van der Waals surface area contributed by atoms with Gasteiger partial charge in [-0.1, -0.05) is 13.8 Å². The summed E-state index contributed by atoms with van der Waals surface area (Å²) in [5.41, 5.74) is 5.84. The lowest BCUT2D eigenvalue weighted by Crippen LogP contribution is -2.29. The van der Waals surface area contributed by atoms with Crippen LogP contribution in [0.25, 0.3) is 0 Å². The zero-order valence-corrected chi connectivity index (χ0v) is 9.79. The van der Waals surface area contributed by atoms with E-state index < -0.39 is 0 Å². The number of nitrogens with one attached hydrogen (secondary N) is 1. The molecule has 4 N–H and O–H groups in total. The van der Waals surface area contributed by atoms with Gasteiger partial charge in [0, 0.05) is 12.6 Å². The Hall–Kier alpha value is -0.120. The molecule has 0 aliphatic carbocycles.